The molecule has 0 saturated carbocycles. The predicted molar refractivity (Wildman–Crippen MR) is 72.7 cm³/mol. The van der Waals surface area contributed by atoms with Crippen molar-refractivity contribution in [2.75, 3.05) is 6.61 Å². The normalized spacial score (nSPS) is 27.4. The number of hydrogen-bond donors (Lipinski definition) is 3. The second-order valence-electron chi connectivity index (χ2n) is 5.74. The zero-order valence-corrected chi connectivity index (χ0v) is 12.7. The van der Waals surface area contributed by atoms with Gasteiger partial charge in [-0.25, -0.2) is 4.98 Å². The maximum atomic E-state index is 13.2. The van der Waals surface area contributed by atoms with Crippen molar-refractivity contribution in [3.8, 4) is 0 Å². The Bertz CT molecular complexity index is 818. The first-order chi connectivity index (χ1) is 11.9. The standard InChI is InChI=1S/C14H12F6N2O4/c15-13(16,17)6-3-8(14(18,19)20)21-11-5(6)1-2-22(11)12-10(25)9(24)7(4-23)26-12/h1-3,7,9-10,12,23-25H,4H2/t7-,9-,10-,12-/m1/s1. The summed E-state index contributed by atoms with van der Waals surface area (Å²) in [5, 5.41) is 28.2. The first-order valence-electron chi connectivity index (χ1n) is 7.23. The van der Waals surface area contributed by atoms with E-state index in [1.54, 1.807) is 0 Å². The molecule has 3 rings (SSSR count). The smallest absolute Gasteiger partial charge is 0.394 e. The number of pyridine rings is 1. The van der Waals surface area contributed by atoms with Crippen LogP contribution in [-0.4, -0.2) is 49.8 Å². The zero-order chi connectivity index (χ0) is 19.4. The number of aliphatic hydroxyl groups is 3. The number of alkyl halides is 6. The van der Waals surface area contributed by atoms with Crippen molar-refractivity contribution in [3.05, 3.63) is 29.6 Å². The van der Waals surface area contributed by atoms with Gasteiger partial charge in [-0.1, -0.05) is 0 Å². The summed E-state index contributed by atoms with van der Waals surface area (Å²) in [4.78, 5) is 3.24. The van der Waals surface area contributed by atoms with Gasteiger partial charge in [-0.3, -0.25) is 0 Å². The molecule has 4 atom stereocenters. The number of ether oxygens (including phenoxy) is 1. The molecule has 0 aromatic carbocycles. The van der Waals surface area contributed by atoms with Crippen LogP contribution in [0.25, 0.3) is 11.0 Å². The molecule has 3 heterocycles. The zero-order valence-electron chi connectivity index (χ0n) is 12.7. The summed E-state index contributed by atoms with van der Waals surface area (Å²) in [7, 11) is 0. The largest absolute Gasteiger partial charge is 0.433 e. The van der Waals surface area contributed by atoms with Crippen molar-refractivity contribution in [1.29, 1.82) is 0 Å². The Morgan fingerprint density at radius 3 is 2.23 bits per heavy atom. The predicted octanol–water partition coefficient (Wildman–Crippen LogP) is 1.69. The molecule has 1 aliphatic rings. The second kappa shape index (κ2) is 6.08. The van der Waals surface area contributed by atoms with E-state index in [0.717, 1.165) is 16.8 Å². The maximum absolute atomic E-state index is 13.2. The molecule has 0 bridgehead atoms. The third-order valence-corrected chi connectivity index (χ3v) is 4.07. The van der Waals surface area contributed by atoms with E-state index in [4.69, 9.17) is 9.84 Å². The minimum Gasteiger partial charge on any atom is -0.394 e. The molecule has 0 unspecified atom stereocenters. The molecule has 1 fully saturated rings. The fraction of sp³-hybridized carbons (Fsp3) is 0.500. The van der Waals surface area contributed by atoms with Crippen LogP contribution >= 0.6 is 0 Å². The van der Waals surface area contributed by atoms with Crippen LogP contribution in [0, 0.1) is 0 Å². The maximum Gasteiger partial charge on any atom is 0.433 e. The highest BCUT2D eigenvalue weighted by atomic mass is 19.4. The van der Waals surface area contributed by atoms with Gasteiger partial charge in [0.15, 0.2) is 6.23 Å². The molecule has 144 valence electrons. The van der Waals surface area contributed by atoms with Crippen molar-refractivity contribution in [3.63, 3.8) is 0 Å². The molecular weight excluding hydrogens is 374 g/mol. The fourth-order valence-corrected chi connectivity index (χ4v) is 2.82. The highest BCUT2D eigenvalue weighted by Crippen LogP contribution is 2.40. The van der Waals surface area contributed by atoms with Crippen molar-refractivity contribution >= 4 is 11.0 Å². The first kappa shape index (κ1) is 18.9. The number of halogens is 6. The lowest BCUT2D eigenvalue weighted by atomic mass is 10.1. The molecule has 26 heavy (non-hydrogen) atoms. The lowest BCUT2D eigenvalue weighted by Crippen LogP contribution is -2.33. The molecule has 3 N–H and O–H groups in total. The van der Waals surface area contributed by atoms with Crippen LogP contribution in [-0.2, 0) is 17.1 Å². The van der Waals surface area contributed by atoms with Gasteiger partial charge in [-0.05, 0) is 12.1 Å². The Hall–Kier alpha value is -1.89. The Morgan fingerprint density at radius 2 is 1.73 bits per heavy atom. The Labute approximate surface area is 141 Å². The van der Waals surface area contributed by atoms with Gasteiger partial charge in [0.1, 0.15) is 29.7 Å². The van der Waals surface area contributed by atoms with Gasteiger partial charge in [0.05, 0.1) is 12.2 Å². The first-order valence-corrected chi connectivity index (χ1v) is 7.23. The van der Waals surface area contributed by atoms with E-state index < -0.39 is 65.8 Å². The minimum atomic E-state index is -5.13. The minimum absolute atomic E-state index is 0.0933. The van der Waals surface area contributed by atoms with Crippen molar-refractivity contribution in [2.45, 2.75) is 36.9 Å². The summed E-state index contributed by atoms with van der Waals surface area (Å²) in [5.41, 5.74) is -4.02. The quantitative estimate of drug-likeness (QED) is 0.684. The van der Waals surface area contributed by atoms with E-state index in [0.29, 0.717) is 0 Å². The molecule has 0 amide bonds. The number of hydrogen-bond acceptors (Lipinski definition) is 5. The van der Waals surface area contributed by atoms with E-state index in [-0.39, 0.29) is 6.07 Å². The Balaban J connectivity index is 2.20. The molecule has 1 saturated heterocycles. The van der Waals surface area contributed by atoms with Crippen LogP contribution in [0.1, 0.15) is 17.5 Å². The van der Waals surface area contributed by atoms with Crippen LogP contribution in [0.15, 0.2) is 18.3 Å². The van der Waals surface area contributed by atoms with Gasteiger partial charge in [0.25, 0.3) is 0 Å². The van der Waals surface area contributed by atoms with Gasteiger partial charge in [-0.15, -0.1) is 0 Å². The molecule has 2 aromatic heterocycles. The number of rotatable bonds is 2. The lowest BCUT2D eigenvalue weighted by Gasteiger charge is -2.19. The Kier molecular flexibility index (Phi) is 4.42. The third-order valence-electron chi connectivity index (χ3n) is 4.07. The summed E-state index contributed by atoms with van der Waals surface area (Å²) in [6.07, 6.45) is -15.3. The van der Waals surface area contributed by atoms with Gasteiger partial charge in [0.2, 0.25) is 0 Å². The molecule has 2 aromatic rings. The fourth-order valence-electron chi connectivity index (χ4n) is 2.82. The van der Waals surface area contributed by atoms with Crippen molar-refractivity contribution in [2.24, 2.45) is 0 Å². The second-order valence-corrected chi connectivity index (χ2v) is 5.74. The van der Waals surface area contributed by atoms with Crippen LogP contribution < -0.4 is 0 Å². The summed E-state index contributed by atoms with van der Waals surface area (Å²) in [6, 6.07) is 0.796. The van der Waals surface area contributed by atoms with E-state index in [9.17, 15) is 36.6 Å². The topological polar surface area (TPSA) is 87.7 Å². The van der Waals surface area contributed by atoms with E-state index >= 15 is 0 Å². The average Bonchev–Trinajstić information content (AvgIpc) is 3.07. The Morgan fingerprint density at radius 1 is 1.08 bits per heavy atom. The van der Waals surface area contributed by atoms with Gasteiger partial charge < -0.3 is 24.6 Å². The molecule has 0 aliphatic carbocycles. The molecule has 0 spiro atoms. The SMILES string of the molecule is OC[C@H]1O[C@@H](n2ccc3c(C(F)(F)F)cc(C(F)(F)F)nc32)[C@H](O)[C@@H]1O. The van der Waals surface area contributed by atoms with Gasteiger partial charge in [-0.2, -0.15) is 26.3 Å². The molecular formula is C14H12F6N2O4. The van der Waals surface area contributed by atoms with Crippen LogP contribution in [0.5, 0.6) is 0 Å². The van der Waals surface area contributed by atoms with E-state index in [2.05, 4.69) is 4.98 Å². The number of aromatic nitrogens is 2. The molecule has 12 heteroatoms. The summed E-state index contributed by atoms with van der Waals surface area (Å²) < 4.78 is 84.3. The highest BCUT2D eigenvalue weighted by Gasteiger charge is 2.45. The van der Waals surface area contributed by atoms with Crippen molar-refractivity contribution in [1.82, 2.24) is 9.55 Å². The molecule has 0 radical (unpaired) electrons. The highest BCUT2D eigenvalue weighted by molar-refractivity contribution is 5.81. The van der Waals surface area contributed by atoms with Crippen LogP contribution in [0.3, 0.4) is 0 Å². The molecule has 6 nitrogen and oxygen atoms in total. The number of nitrogens with zero attached hydrogens (tertiary/aromatic N) is 2. The van der Waals surface area contributed by atoms with Crippen LogP contribution in [0.4, 0.5) is 26.3 Å². The monoisotopic (exact) mass is 386 g/mol. The summed E-state index contributed by atoms with van der Waals surface area (Å²) >= 11 is 0. The molecule has 1 aliphatic heterocycles. The lowest BCUT2D eigenvalue weighted by molar-refractivity contribution is -0.144. The summed E-state index contributed by atoms with van der Waals surface area (Å²) in [6.45, 7) is -0.705. The number of aliphatic hydroxyl groups excluding tert-OH is 3. The van der Waals surface area contributed by atoms with Crippen molar-refractivity contribution < 1.29 is 46.4 Å². The van der Waals surface area contributed by atoms with Gasteiger partial charge >= 0.3 is 12.4 Å². The summed E-state index contributed by atoms with van der Waals surface area (Å²) in [5.74, 6) is 0. The van der Waals surface area contributed by atoms with E-state index in [1.165, 1.54) is 0 Å². The van der Waals surface area contributed by atoms with Gasteiger partial charge in [0, 0.05) is 11.6 Å². The van der Waals surface area contributed by atoms with Crippen LogP contribution in [0.2, 0.25) is 0 Å². The number of fused-ring (bicyclic) bond motifs is 1. The average molecular weight is 386 g/mol. The third kappa shape index (κ3) is 3.02. The van der Waals surface area contributed by atoms with E-state index in [1.807, 2.05) is 0 Å².